The number of carbonyl (C=O) groups excluding carboxylic acids is 1. The molecule has 0 aliphatic carbocycles. The molecule has 118 valence electrons. The van der Waals surface area contributed by atoms with Crippen molar-refractivity contribution in [3.8, 4) is 0 Å². The van der Waals surface area contributed by atoms with E-state index in [1.807, 2.05) is 48.5 Å². The lowest BCUT2D eigenvalue weighted by Gasteiger charge is -2.25. The summed E-state index contributed by atoms with van der Waals surface area (Å²) in [5.41, 5.74) is -0.696. The number of hydrogen-bond acceptors (Lipinski definition) is 3. The van der Waals surface area contributed by atoms with Gasteiger partial charge in [-0.05, 0) is 54.4 Å². The summed E-state index contributed by atoms with van der Waals surface area (Å²) in [7, 11) is 0. The first-order chi connectivity index (χ1) is 8.93. The van der Waals surface area contributed by atoms with E-state index in [-0.39, 0.29) is 17.7 Å². The van der Waals surface area contributed by atoms with Crippen LogP contribution in [0.15, 0.2) is 12.3 Å². The predicted molar refractivity (Wildman–Crippen MR) is 82.7 cm³/mol. The summed E-state index contributed by atoms with van der Waals surface area (Å²) in [6.45, 7) is 17.5. The second kappa shape index (κ2) is 7.55. The normalized spacial score (nSPS) is 13.6. The van der Waals surface area contributed by atoms with Gasteiger partial charge in [-0.3, -0.25) is 0 Å². The molecule has 4 nitrogen and oxygen atoms in total. The van der Waals surface area contributed by atoms with Crippen molar-refractivity contribution < 1.29 is 14.3 Å². The number of carbonyl (C=O) groups is 1. The first-order valence-corrected chi connectivity index (χ1v) is 7.29. The van der Waals surface area contributed by atoms with Gasteiger partial charge >= 0.3 is 6.09 Å². The zero-order chi connectivity index (χ0) is 16.0. The molecule has 1 atom stereocenters. The minimum absolute atomic E-state index is 0.0742. The topological polar surface area (TPSA) is 47.6 Å². The van der Waals surface area contributed by atoms with Gasteiger partial charge in [-0.25, -0.2) is 4.79 Å². The molecular formula is C16H31NO3. The molecule has 1 amide bonds. The van der Waals surface area contributed by atoms with E-state index in [4.69, 9.17) is 9.47 Å². The Kier molecular flexibility index (Phi) is 7.11. The van der Waals surface area contributed by atoms with E-state index >= 15 is 0 Å². The Bertz CT molecular complexity index is 324. The third kappa shape index (κ3) is 10.7. The Morgan fingerprint density at radius 2 is 1.60 bits per heavy atom. The van der Waals surface area contributed by atoms with Gasteiger partial charge in [-0.1, -0.05) is 13.5 Å². The summed E-state index contributed by atoms with van der Waals surface area (Å²) in [5, 5.41) is 2.88. The number of amides is 1. The summed E-state index contributed by atoms with van der Waals surface area (Å²) in [5.74, 6) is 0.752. The van der Waals surface area contributed by atoms with Crippen LogP contribution in [-0.4, -0.2) is 23.3 Å². The number of ether oxygens (including phenoxy) is 2. The zero-order valence-corrected chi connectivity index (χ0v) is 14.1. The number of alkyl carbamates (subject to hydrolysis) is 1. The molecule has 4 heteroatoms. The fraction of sp³-hybridized carbons (Fsp3) is 0.812. The minimum atomic E-state index is -0.471. The average molecular weight is 285 g/mol. The number of allylic oxidation sites excluding steroid dienone is 1. The molecule has 0 fully saturated rings. The summed E-state index contributed by atoms with van der Waals surface area (Å²) >= 11 is 0. The monoisotopic (exact) mass is 285 g/mol. The second-order valence-corrected chi connectivity index (χ2v) is 7.04. The van der Waals surface area contributed by atoms with Crippen LogP contribution < -0.4 is 5.32 Å². The van der Waals surface area contributed by atoms with Gasteiger partial charge in [0, 0.05) is 12.5 Å². The van der Waals surface area contributed by atoms with Crippen molar-refractivity contribution in [1.29, 1.82) is 0 Å². The van der Waals surface area contributed by atoms with Gasteiger partial charge in [-0.2, -0.15) is 0 Å². The second-order valence-electron chi connectivity index (χ2n) is 7.04. The molecule has 0 aromatic carbocycles. The summed E-state index contributed by atoms with van der Waals surface area (Å²) < 4.78 is 10.9. The molecule has 0 heterocycles. The SMILES string of the molecule is C=C(CC[C@@H](CC)NC(=O)OC(C)(C)C)OC(C)(C)C. The van der Waals surface area contributed by atoms with Crippen LogP contribution >= 0.6 is 0 Å². The van der Waals surface area contributed by atoms with Crippen LogP contribution in [0.5, 0.6) is 0 Å². The maximum absolute atomic E-state index is 11.7. The number of rotatable bonds is 6. The molecule has 0 spiro atoms. The maximum Gasteiger partial charge on any atom is 0.407 e. The van der Waals surface area contributed by atoms with Crippen molar-refractivity contribution in [2.24, 2.45) is 0 Å². The Morgan fingerprint density at radius 1 is 1.10 bits per heavy atom. The number of nitrogens with one attached hydrogen (secondary N) is 1. The van der Waals surface area contributed by atoms with Gasteiger partial charge in [0.05, 0.1) is 5.76 Å². The highest BCUT2D eigenvalue weighted by atomic mass is 16.6. The van der Waals surface area contributed by atoms with Crippen molar-refractivity contribution >= 4 is 6.09 Å². The summed E-state index contributed by atoms with van der Waals surface area (Å²) in [6, 6.07) is 0.0742. The molecule has 0 radical (unpaired) electrons. The first-order valence-electron chi connectivity index (χ1n) is 7.29. The fourth-order valence-electron chi connectivity index (χ4n) is 1.67. The zero-order valence-electron chi connectivity index (χ0n) is 14.1. The van der Waals surface area contributed by atoms with Crippen LogP contribution in [0.25, 0.3) is 0 Å². The molecule has 0 saturated heterocycles. The van der Waals surface area contributed by atoms with E-state index in [9.17, 15) is 4.79 Å². The van der Waals surface area contributed by atoms with Gasteiger partial charge in [0.1, 0.15) is 11.2 Å². The van der Waals surface area contributed by atoms with E-state index in [1.54, 1.807) is 0 Å². The van der Waals surface area contributed by atoms with Gasteiger partial charge in [-0.15, -0.1) is 0 Å². The first kappa shape index (κ1) is 18.8. The largest absolute Gasteiger partial charge is 0.493 e. The van der Waals surface area contributed by atoms with Crippen LogP contribution in [0, 0.1) is 0 Å². The molecule has 0 bridgehead atoms. The predicted octanol–water partition coefficient (Wildman–Crippen LogP) is 4.40. The molecule has 0 unspecified atom stereocenters. The highest BCUT2D eigenvalue weighted by molar-refractivity contribution is 5.68. The third-order valence-corrected chi connectivity index (χ3v) is 2.44. The van der Waals surface area contributed by atoms with E-state index in [2.05, 4.69) is 11.9 Å². The highest BCUT2D eigenvalue weighted by Gasteiger charge is 2.19. The van der Waals surface area contributed by atoms with E-state index in [0.29, 0.717) is 0 Å². The van der Waals surface area contributed by atoms with Gasteiger partial charge in [0.15, 0.2) is 0 Å². The molecular weight excluding hydrogens is 254 g/mol. The van der Waals surface area contributed by atoms with E-state index < -0.39 is 5.60 Å². The lowest BCUT2D eigenvalue weighted by molar-refractivity contribution is 0.0431. The number of hydrogen-bond donors (Lipinski definition) is 1. The quantitative estimate of drug-likeness (QED) is 0.736. The van der Waals surface area contributed by atoms with Crippen molar-refractivity contribution in [2.45, 2.75) is 85.0 Å². The minimum Gasteiger partial charge on any atom is -0.493 e. The molecule has 0 aliphatic heterocycles. The van der Waals surface area contributed by atoms with Gasteiger partial charge in [0.2, 0.25) is 0 Å². The van der Waals surface area contributed by atoms with Crippen LogP contribution in [0.1, 0.15) is 67.7 Å². The Labute approximate surface area is 123 Å². The van der Waals surface area contributed by atoms with Gasteiger partial charge in [0.25, 0.3) is 0 Å². The van der Waals surface area contributed by atoms with Gasteiger partial charge < -0.3 is 14.8 Å². The maximum atomic E-state index is 11.7. The van der Waals surface area contributed by atoms with E-state index in [1.165, 1.54) is 0 Å². The molecule has 20 heavy (non-hydrogen) atoms. The standard InChI is InChI=1S/C16H31NO3/c1-9-13(17-14(18)20-16(6,7)8)11-10-12(2)19-15(3,4)5/h13H,2,9-11H2,1,3-8H3,(H,17,18)/t13-/m1/s1. The smallest absolute Gasteiger partial charge is 0.407 e. The molecule has 0 aromatic rings. The molecule has 0 rings (SSSR count). The van der Waals surface area contributed by atoms with Crippen molar-refractivity contribution in [3.05, 3.63) is 12.3 Å². The van der Waals surface area contributed by atoms with Crippen LogP contribution in [0.3, 0.4) is 0 Å². The Morgan fingerprint density at radius 3 is 2.00 bits per heavy atom. The van der Waals surface area contributed by atoms with Crippen LogP contribution in [0.2, 0.25) is 0 Å². The van der Waals surface area contributed by atoms with Crippen molar-refractivity contribution in [2.75, 3.05) is 0 Å². The molecule has 0 saturated carbocycles. The van der Waals surface area contributed by atoms with Crippen molar-refractivity contribution in [1.82, 2.24) is 5.32 Å². The molecule has 1 N–H and O–H groups in total. The Balaban J connectivity index is 4.17. The summed E-state index contributed by atoms with van der Waals surface area (Å²) in [4.78, 5) is 11.7. The third-order valence-electron chi connectivity index (χ3n) is 2.44. The fourth-order valence-corrected chi connectivity index (χ4v) is 1.67. The lowest BCUT2D eigenvalue weighted by Crippen LogP contribution is -2.39. The molecule has 0 aliphatic rings. The lowest BCUT2D eigenvalue weighted by atomic mass is 10.1. The summed E-state index contributed by atoms with van der Waals surface area (Å²) in [6.07, 6.45) is 2.00. The van der Waals surface area contributed by atoms with Crippen molar-refractivity contribution in [3.63, 3.8) is 0 Å². The average Bonchev–Trinajstić information content (AvgIpc) is 2.18. The molecule has 0 aromatic heterocycles. The van der Waals surface area contributed by atoms with Crippen LogP contribution in [-0.2, 0) is 9.47 Å². The Hall–Kier alpha value is -1.19. The van der Waals surface area contributed by atoms with Crippen LogP contribution in [0.4, 0.5) is 4.79 Å². The highest BCUT2D eigenvalue weighted by Crippen LogP contribution is 2.17. The van der Waals surface area contributed by atoms with E-state index in [0.717, 1.165) is 25.0 Å².